The molecule has 2 rings (SSSR count). The molecule has 1 N–H and O–H groups in total. The normalized spacial score (nSPS) is 10.7. The topological polar surface area (TPSA) is 43.4 Å². The summed E-state index contributed by atoms with van der Waals surface area (Å²) in [7, 11) is 3.58. The molecule has 6 heteroatoms. The second-order valence-electron chi connectivity index (χ2n) is 4.60. The van der Waals surface area contributed by atoms with Crippen molar-refractivity contribution >= 4 is 27.3 Å². The Bertz CT molecular complexity index is 601. The highest BCUT2D eigenvalue weighted by Crippen LogP contribution is 2.36. The zero-order valence-electron chi connectivity index (χ0n) is 12.4. The molecule has 0 spiro atoms. The average molecular weight is 371 g/mol. The van der Waals surface area contributed by atoms with Gasteiger partial charge in [-0.3, -0.25) is 0 Å². The number of thiazole rings is 1. The van der Waals surface area contributed by atoms with Gasteiger partial charge in [0.05, 0.1) is 29.4 Å². The van der Waals surface area contributed by atoms with Crippen LogP contribution in [0.3, 0.4) is 0 Å². The first-order chi connectivity index (χ1) is 10.2. The number of aromatic nitrogens is 1. The summed E-state index contributed by atoms with van der Waals surface area (Å²) in [5, 5.41) is 3.13. The maximum atomic E-state index is 5.91. The maximum absolute atomic E-state index is 5.91. The quantitative estimate of drug-likeness (QED) is 0.808. The summed E-state index contributed by atoms with van der Waals surface area (Å²) in [6, 6.07) is 4.04. The van der Waals surface area contributed by atoms with Crippen LogP contribution in [0.2, 0.25) is 0 Å². The van der Waals surface area contributed by atoms with Crippen molar-refractivity contribution in [1.29, 1.82) is 0 Å². The summed E-state index contributed by atoms with van der Waals surface area (Å²) in [6.45, 7) is 3.41. The number of hydrogen-bond donors (Lipinski definition) is 1. The van der Waals surface area contributed by atoms with Gasteiger partial charge in [-0.15, -0.1) is 11.3 Å². The van der Waals surface area contributed by atoms with E-state index < -0.39 is 0 Å². The minimum atomic E-state index is 0.601. The molecule has 0 fully saturated rings. The Hall–Kier alpha value is -1.11. The highest BCUT2D eigenvalue weighted by atomic mass is 79.9. The lowest BCUT2D eigenvalue weighted by atomic mass is 10.2. The Labute approximate surface area is 137 Å². The van der Waals surface area contributed by atoms with E-state index in [1.165, 1.54) is 4.88 Å². The van der Waals surface area contributed by atoms with E-state index in [1.54, 1.807) is 18.4 Å². The highest BCUT2D eigenvalue weighted by Gasteiger charge is 2.12. The third-order valence-electron chi connectivity index (χ3n) is 3.09. The summed E-state index contributed by atoms with van der Waals surface area (Å²) >= 11 is 5.23. The SMILES string of the molecule is CNCc1cc(Br)c(OCCc2scnc2C)c(OC)c1. The molecule has 0 bridgehead atoms. The van der Waals surface area contributed by atoms with Gasteiger partial charge >= 0.3 is 0 Å². The van der Waals surface area contributed by atoms with Crippen molar-refractivity contribution in [1.82, 2.24) is 10.3 Å². The van der Waals surface area contributed by atoms with Crippen molar-refractivity contribution < 1.29 is 9.47 Å². The van der Waals surface area contributed by atoms with E-state index in [1.807, 2.05) is 31.6 Å². The van der Waals surface area contributed by atoms with E-state index in [4.69, 9.17) is 9.47 Å². The van der Waals surface area contributed by atoms with Gasteiger partial charge in [0.1, 0.15) is 0 Å². The molecule has 21 heavy (non-hydrogen) atoms. The van der Waals surface area contributed by atoms with E-state index in [0.717, 1.165) is 40.2 Å². The van der Waals surface area contributed by atoms with Crippen LogP contribution in [0.5, 0.6) is 11.5 Å². The molecule has 4 nitrogen and oxygen atoms in total. The highest BCUT2D eigenvalue weighted by molar-refractivity contribution is 9.10. The van der Waals surface area contributed by atoms with Gasteiger partial charge in [-0.2, -0.15) is 0 Å². The fraction of sp³-hybridized carbons (Fsp3) is 0.400. The second-order valence-corrected chi connectivity index (χ2v) is 6.39. The smallest absolute Gasteiger partial charge is 0.175 e. The minimum Gasteiger partial charge on any atom is -0.493 e. The number of aryl methyl sites for hydroxylation is 1. The molecule has 1 aromatic heterocycles. The molecule has 0 aliphatic heterocycles. The van der Waals surface area contributed by atoms with Crippen molar-refractivity contribution in [3.05, 3.63) is 38.3 Å². The molecule has 0 atom stereocenters. The van der Waals surface area contributed by atoms with Gasteiger partial charge in [-0.05, 0) is 47.6 Å². The van der Waals surface area contributed by atoms with Gasteiger partial charge in [0, 0.05) is 17.8 Å². The first kappa shape index (κ1) is 16.3. The molecule has 1 aromatic carbocycles. The van der Waals surface area contributed by atoms with Crippen LogP contribution in [0.25, 0.3) is 0 Å². The van der Waals surface area contributed by atoms with Crippen LogP contribution in [0, 0.1) is 6.92 Å². The lowest BCUT2D eigenvalue weighted by Gasteiger charge is -2.14. The van der Waals surface area contributed by atoms with Crippen molar-refractivity contribution in [3.8, 4) is 11.5 Å². The molecular formula is C15H19BrN2O2S. The van der Waals surface area contributed by atoms with Crippen LogP contribution in [-0.2, 0) is 13.0 Å². The molecule has 0 aliphatic carbocycles. The number of halogens is 1. The van der Waals surface area contributed by atoms with E-state index >= 15 is 0 Å². The number of nitrogens with zero attached hydrogens (tertiary/aromatic N) is 1. The number of benzene rings is 1. The van der Waals surface area contributed by atoms with E-state index in [2.05, 4.69) is 26.2 Å². The average Bonchev–Trinajstić information content (AvgIpc) is 2.86. The van der Waals surface area contributed by atoms with Crippen molar-refractivity contribution in [2.75, 3.05) is 20.8 Å². The molecular weight excluding hydrogens is 352 g/mol. The molecule has 0 unspecified atom stereocenters. The van der Waals surface area contributed by atoms with E-state index in [9.17, 15) is 0 Å². The van der Waals surface area contributed by atoms with Crippen LogP contribution < -0.4 is 14.8 Å². The summed E-state index contributed by atoms with van der Waals surface area (Å²) in [5.74, 6) is 1.50. The number of rotatable bonds is 7. The Balaban J connectivity index is 2.06. The Morgan fingerprint density at radius 2 is 2.19 bits per heavy atom. The largest absolute Gasteiger partial charge is 0.493 e. The summed E-state index contributed by atoms with van der Waals surface area (Å²) < 4.78 is 12.2. The van der Waals surface area contributed by atoms with Gasteiger partial charge in [-0.25, -0.2) is 4.98 Å². The van der Waals surface area contributed by atoms with Crippen LogP contribution in [-0.4, -0.2) is 25.7 Å². The lowest BCUT2D eigenvalue weighted by molar-refractivity contribution is 0.296. The standard InChI is InChI=1S/C15H19BrN2O2S/c1-10-14(21-9-18-10)4-5-20-15-12(16)6-11(8-17-2)7-13(15)19-3/h6-7,9,17H,4-5,8H2,1-3H3. The third-order valence-corrected chi connectivity index (χ3v) is 4.67. The second kappa shape index (κ2) is 7.77. The molecule has 114 valence electrons. The molecule has 0 saturated heterocycles. The van der Waals surface area contributed by atoms with Crippen LogP contribution in [0.4, 0.5) is 0 Å². The van der Waals surface area contributed by atoms with Crippen LogP contribution in [0.15, 0.2) is 22.1 Å². The van der Waals surface area contributed by atoms with Crippen molar-refractivity contribution in [2.24, 2.45) is 0 Å². The Morgan fingerprint density at radius 3 is 2.81 bits per heavy atom. The Kier molecular flexibility index (Phi) is 6.02. The number of methoxy groups -OCH3 is 1. The molecule has 0 amide bonds. The number of ether oxygens (including phenoxy) is 2. The van der Waals surface area contributed by atoms with Gasteiger partial charge in [-0.1, -0.05) is 0 Å². The zero-order valence-corrected chi connectivity index (χ0v) is 14.8. The molecule has 0 aliphatic rings. The monoisotopic (exact) mass is 370 g/mol. The van der Waals surface area contributed by atoms with Gasteiger partial charge in [0.2, 0.25) is 0 Å². The minimum absolute atomic E-state index is 0.601. The molecule has 1 heterocycles. The van der Waals surface area contributed by atoms with E-state index in [-0.39, 0.29) is 0 Å². The van der Waals surface area contributed by atoms with Crippen molar-refractivity contribution in [2.45, 2.75) is 19.9 Å². The predicted molar refractivity (Wildman–Crippen MR) is 89.5 cm³/mol. The number of nitrogens with one attached hydrogen (secondary N) is 1. The molecule has 0 saturated carbocycles. The Morgan fingerprint density at radius 1 is 1.38 bits per heavy atom. The fourth-order valence-electron chi connectivity index (χ4n) is 2.03. The first-order valence-electron chi connectivity index (χ1n) is 6.68. The van der Waals surface area contributed by atoms with Crippen LogP contribution in [0.1, 0.15) is 16.1 Å². The third kappa shape index (κ3) is 4.18. The van der Waals surface area contributed by atoms with Gasteiger partial charge < -0.3 is 14.8 Å². The summed E-state index contributed by atoms with van der Waals surface area (Å²) in [5.41, 5.74) is 4.10. The van der Waals surface area contributed by atoms with Gasteiger partial charge in [0.15, 0.2) is 11.5 Å². The predicted octanol–water partition coefficient (Wildman–Crippen LogP) is 3.56. The van der Waals surface area contributed by atoms with Gasteiger partial charge in [0.25, 0.3) is 0 Å². The van der Waals surface area contributed by atoms with Crippen molar-refractivity contribution in [3.63, 3.8) is 0 Å². The fourth-order valence-corrected chi connectivity index (χ4v) is 3.40. The maximum Gasteiger partial charge on any atom is 0.175 e. The van der Waals surface area contributed by atoms with E-state index in [0.29, 0.717) is 6.61 Å². The number of hydrogen-bond acceptors (Lipinski definition) is 5. The lowest BCUT2D eigenvalue weighted by Crippen LogP contribution is -2.07. The van der Waals surface area contributed by atoms with Crippen LogP contribution >= 0.6 is 27.3 Å². The summed E-state index contributed by atoms with van der Waals surface area (Å²) in [6.07, 6.45) is 0.852. The summed E-state index contributed by atoms with van der Waals surface area (Å²) in [4.78, 5) is 5.51. The zero-order chi connectivity index (χ0) is 15.2. The first-order valence-corrected chi connectivity index (χ1v) is 8.35. The molecule has 2 aromatic rings. The molecule has 0 radical (unpaired) electrons.